The summed E-state index contributed by atoms with van der Waals surface area (Å²) in [7, 11) is 0. The van der Waals surface area contributed by atoms with E-state index in [1.54, 1.807) is 6.92 Å². The Hall–Kier alpha value is -1.83. The molecule has 5 rings (SSSR count). The number of nitrogens with zero attached hydrogens (tertiary/aromatic N) is 1. The minimum atomic E-state index is -0.286. The summed E-state index contributed by atoms with van der Waals surface area (Å²) in [5.74, 6) is 1.73. The predicted octanol–water partition coefficient (Wildman–Crippen LogP) is 2.10. The third kappa shape index (κ3) is 3.71. The molecule has 4 aliphatic carbocycles. The van der Waals surface area contributed by atoms with E-state index in [1.807, 2.05) is 6.26 Å². The second-order valence-electron chi connectivity index (χ2n) is 8.84. The van der Waals surface area contributed by atoms with E-state index < -0.39 is 0 Å². The van der Waals surface area contributed by atoms with Crippen molar-refractivity contribution in [2.45, 2.75) is 63.4 Å². The van der Waals surface area contributed by atoms with Crippen molar-refractivity contribution >= 4 is 23.6 Å². The number of hydrogen-bond acceptors (Lipinski definition) is 5. The molecule has 152 valence electrons. The van der Waals surface area contributed by atoms with Gasteiger partial charge in [0, 0.05) is 17.7 Å². The normalized spacial score (nSPS) is 30.3. The maximum absolute atomic E-state index is 12.9. The van der Waals surface area contributed by atoms with Crippen molar-refractivity contribution in [3.8, 4) is 0 Å². The number of aromatic nitrogens is 2. The van der Waals surface area contributed by atoms with E-state index in [-0.39, 0.29) is 29.2 Å². The first-order valence-corrected chi connectivity index (χ1v) is 11.3. The van der Waals surface area contributed by atoms with E-state index in [1.165, 1.54) is 31.0 Å². The third-order valence-corrected chi connectivity index (χ3v) is 7.41. The molecule has 0 atom stereocenters. The second-order valence-corrected chi connectivity index (χ2v) is 9.63. The first-order valence-electron chi connectivity index (χ1n) is 10.1. The van der Waals surface area contributed by atoms with Gasteiger partial charge >= 0.3 is 0 Å². The lowest BCUT2D eigenvalue weighted by molar-refractivity contribution is -0.148. The van der Waals surface area contributed by atoms with Crippen molar-refractivity contribution < 1.29 is 9.59 Å². The Morgan fingerprint density at radius 1 is 1.14 bits per heavy atom. The molecule has 3 N–H and O–H groups in total. The fraction of sp³-hybridized carbons (Fsp3) is 0.700. The van der Waals surface area contributed by atoms with Crippen molar-refractivity contribution in [3.63, 3.8) is 0 Å². The van der Waals surface area contributed by atoms with Crippen molar-refractivity contribution in [1.82, 2.24) is 20.8 Å². The number of aromatic amines is 1. The predicted molar refractivity (Wildman–Crippen MR) is 107 cm³/mol. The van der Waals surface area contributed by atoms with E-state index in [2.05, 4.69) is 20.8 Å². The molecule has 4 bridgehead atoms. The van der Waals surface area contributed by atoms with Crippen LogP contribution in [0.1, 0.15) is 56.2 Å². The summed E-state index contributed by atoms with van der Waals surface area (Å²) in [5.41, 5.74) is 5.90. The monoisotopic (exact) mass is 404 g/mol. The van der Waals surface area contributed by atoms with Gasteiger partial charge in [0.05, 0.1) is 5.41 Å². The highest BCUT2D eigenvalue weighted by Crippen LogP contribution is 2.60. The number of carbonyl (C=O) groups excluding carboxylic acids is 2. The van der Waals surface area contributed by atoms with Crippen molar-refractivity contribution in [3.05, 3.63) is 21.6 Å². The molecule has 0 saturated heterocycles. The van der Waals surface area contributed by atoms with Crippen molar-refractivity contribution in [2.24, 2.45) is 23.2 Å². The smallest absolute Gasteiger partial charge is 0.254 e. The highest BCUT2D eigenvalue weighted by molar-refractivity contribution is 7.98. The van der Waals surface area contributed by atoms with Gasteiger partial charge in [-0.05, 0) is 75.9 Å². The summed E-state index contributed by atoms with van der Waals surface area (Å²) in [4.78, 5) is 44.3. The van der Waals surface area contributed by atoms with Crippen LogP contribution in [0.25, 0.3) is 0 Å². The zero-order chi connectivity index (χ0) is 19.9. The number of nitrogens with one attached hydrogen (secondary N) is 3. The van der Waals surface area contributed by atoms with Gasteiger partial charge in [0.25, 0.3) is 5.56 Å². The minimum absolute atomic E-state index is 0.0278. The van der Waals surface area contributed by atoms with Crippen molar-refractivity contribution in [2.75, 3.05) is 6.26 Å². The van der Waals surface area contributed by atoms with E-state index in [9.17, 15) is 14.4 Å². The van der Waals surface area contributed by atoms with Gasteiger partial charge < -0.3 is 4.98 Å². The number of aryl methyl sites for hydroxylation is 1. The molecule has 28 heavy (non-hydrogen) atoms. The van der Waals surface area contributed by atoms with Crippen LogP contribution in [0.2, 0.25) is 0 Å². The van der Waals surface area contributed by atoms with E-state index >= 15 is 0 Å². The number of H-pyrrole nitrogens is 1. The van der Waals surface area contributed by atoms with Gasteiger partial charge in [-0.2, -0.15) is 0 Å². The Balaban J connectivity index is 1.31. The quantitative estimate of drug-likeness (QED) is 0.396. The first kappa shape index (κ1) is 19.5. The molecule has 1 heterocycles. The highest BCUT2D eigenvalue weighted by atomic mass is 32.2. The van der Waals surface area contributed by atoms with Crippen LogP contribution in [0.15, 0.2) is 9.95 Å². The van der Waals surface area contributed by atoms with Crippen LogP contribution in [-0.4, -0.2) is 28.0 Å². The first-order chi connectivity index (χ1) is 13.4. The molecule has 0 unspecified atom stereocenters. The molecule has 1 aromatic rings. The lowest BCUT2D eigenvalue weighted by Gasteiger charge is -2.55. The minimum Gasteiger partial charge on any atom is -0.301 e. The van der Waals surface area contributed by atoms with Gasteiger partial charge in [-0.1, -0.05) is 11.8 Å². The summed E-state index contributed by atoms with van der Waals surface area (Å²) in [6.07, 6.45) is 8.97. The van der Waals surface area contributed by atoms with Gasteiger partial charge in [0.2, 0.25) is 11.8 Å². The summed E-state index contributed by atoms with van der Waals surface area (Å²) in [6.45, 7) is 1.77. The number of hydrogen-bond donors (Lipinski definition) is 3. The maximum atomic E-state index is 12.9. The lowest BCUT2D eigenvalue weighted by atomic mass is 9.49. The Bertz CT molecular complexity index is 815. The topological polar surface area (TPSA) is 104 Å². The van der Waals surface area contributed by atoms with E-state index in [0.29, 0.717) is 40.6 Å². The summed E-state index contributed by atoms with van der Waals surface area (Å²) >= 11 is 1.37. The maximum Gasteiger partial charge on any atom is 0.254 e. The molecule has 8 heteroatoms. The largest absolute Gasteiger partial charge is 0.301 e. The van der Waals surface area contributed by atoms with Crippen LogP contribution in [0.3, 0.4) is 0 Å². The molecule has 7 nitrogen and oxygen atoms in total. The van der Waals surface area contributed by atoms with E-state index in [4.69, 9.17) is 0 Å². The molecule has 0 aliphatic heterocycles. The molecular formula is C20H28N4O3S. The standard InChI is InChI=1S/C20H28N4O3S/c1-11-15(17(26)22-19(21-11)28-2)3-4-16(25)23-24-18(27)20-8-12-5-13(9-20)7-14(6-12)10-20/h12-14H,3-10H2,1-2H3,(H,23,25)(H,24,27)(H,21,22,26). The van der Waals surface area contributed by atoms with Crippen LogP contribution in [0.4, 0.5) is 0 Å². The number of rotatable bonds is 5. The Morgan fingerprint density at radius 3 is 2.29 bits per heavy atom. The molecule has 0 aromatic carbocycles. The molecule has 0 radical (unpaired) electrons. The van der Waals surface area contributed by atoms with Crippen molar-refractivity contribution in [1.29, 1.82) is 0 Å². The Labute approximate surface area is 168 Å². The average Bonchev–Trinajstić information content (AvgIpc) is 2.64. The van der Waals surface area contributed by atoms with Gasteiger partial charge in [-0.3, -0.25) is 25.2 Å². The average molecular weight is 405 g/mol. The zero-order valence-corrected chi connectivity index (χ0v) is 17.3. The molecule has 1 aromatic heterocycles. The third-order valence-electron chi connectivity index (χ3n) is 6.83. The molecule has 4 saturated carbocycles. The van der Waals surface area contributed by atoms with Crippen LogP contribution in [0.5, 0.6) is 0 Å². The zero-order valence-electron chi connectivity index (χ0n) is 16.5. The number of thioether (sulfide) groups is 1. The Kier molecular flexibility index (Phi) is 5.24. The van der Waals surface area contributed by atoms with Gasteiger partial charge in [-0.15, -0.1) is 0 Å². The van der Waals surface area contributed by atoms with E-state index in [0.717, 1.165) is 19.3 Å². The highest BCUT2D eigenvalue weighted by Gasteiger charge is 2.54. The summed E-state index contributed by atoms with van der Waals surface area (Å²) in [6, 6.07) is 0. The number of carbonyl (C=O) groups is 2. The SMILES string of the molecule is CSc1nc(C)c(CCC(=O)NNC(=O)C23CC4CC(CC(C4)C2)C3)c(=O)[nH]1. The summed E-state index contributed by atoms with van der Waals surface area (Å²) < 4.78 is 0. The van der Waals surface area contributed by atoms with Crippen LogP contribution >= 0.6 is 11.8 Å². The van der Waals surface area contributed by atoms with Gasteiger partial charge in [0.15, 0.2) is 5.16 Å². The lowest BCUT2D eigenvalue weighted by Crippen LogP contribution is -2.56. The van der Waals surface area contributed by atoms with Gasteiger partial charge in [-0.25, -0.2) is 4.98 Å². The molecule has 0 spiro atoms. The molecular weight excluding hydrogens is 376 g/mol. The molecule has 2 amide bonds. The molecule has 4 fully saturated rings. The molecule has 4 aliphatic rings. The van der Waals surface area contributed by atoms with Crippen LogP contribution in [-0.2, 0) is 16.0 Å². The Morgan fingerprint density at radius 2 is 1.75 bits per heavy atom. The number of amides is 2. The fourth-order valence-electron chi connectivity index (χ4n) is 5.92. The van der Waals surface area contributed by atoms with Crippen LogP contribution < -0.4 is 16.4 Å². The van der Waals surface area contributed by atoms with Gasteiger partial charge in [0.1, 0.15) is 0 Å². The second kappa shape index (κ2) is 7.54. The fourth-order valence-corrected chi connectivity index (χ4v) is 6.35. The number of hydrazine groups is 1. The van der Waals surface area contributed by atoms with Crippen LogP contribution in [0, 0.1) is 30.1 Å². The summed E-state index contributed by atoms with van der Waals surface area (Å²) in [5, 5.41) is 0.568.